The number of ether oxygens (including phenoxy) is 2. The van der Waals surface area contributed by atoms with Gasteiger partial charge in [-0.2, -0.15) is 0 Å². The number of aromatic nitrogens is 4. The summed E-state index contributed by atoms with van der Waals surface area (Å²) in [7, 11) is 0. The van der Waals surface area contributed by atoms with Crippen LogP contribution in [0.4, 0.5) is 5.69 Å². The molecule has 2 amide bonds. The topological polar surface area (TPSA) is 126 Å². The molecule has 13 nitrogen and oxygen atoms in total. The third-order valence-corrected chi connectivity index (χ3v) is 14.2. The Morgan fingerprint density at radius 3 is 1.40 bits per heavy atom. The van der Waals surface area contributed by atoms with Gasteiger partial charge in [0.15, 0.2) is 0 Å². The van der Waals surface area contributed by atoms with Gasteiger partial charge < -0.3 is 34.1 Å². The number of para-hydroxylation sites is 1. The number of nitrogens with zero attached hydrogens (tertiary/aromatic N) is 7. The molecule has 4 fully saturated rings. The van der Waals surface area contributed by atoms with Crippen LogP contribution in [-0.2, 0) is 32.2 Å². The lowest BCUT2D eigenvalue weighted by molar-refractivity contribution is -0.141. The molecule has 11 rings (SSSR count). The standard InChI is InChI=1S/C54H59N9O4/c64-53(49(40-12-4-1-5-13-40)59-26-30-66-31-27-59)62-24-10-18-47(62)51-55-43-22-20-38(34-45(43)57-51)36-61(42-16-8-3-9-17-42)37-39-21-23-44-46(35-39)58-52(56-44)48-19-11-25-63(48)54(65)50(41-14-6-2-7-15-41)60-28-32-67-33-29-60/h1-9,12-17,20-23,34-35,47-50H,10-11,18-19,24-33,36-37H2,(H,55,57)(H,56,58)/t47-,48-,49+,50+/m0/s1. The second-order valence-electron chi connectivity index (χ2n) is 18.4. The Kier molecular flexibility index (Phi) is 12.5. The number of H-pyrrole nitrogens is 2. The molecule has 0 bridgehead atoms. The summed E-state index contributed by atoms with van der Waals surface area (Å²) >= 11 is 0. The van der Waals surface area contributed by atoms with Gasteiger partial charge in [-0.15, -0.1) is 0 Å². The predicted molar refractivity (Wildman–Crippen MR) is 259 cm³/mol. The maximum atomic E-state index is 14.6. The molecule has 0 saturated carbocycles. The van der Waals surface area contributed by atoms with Crippen LogP contribution in [0, 0.1) is 0 Å². The molecule has 5 aromatic carbocycles. The summed E-state index contributed by atoms with van der Waals surface area (Å²) in [5, 5.41) is 0. The molecule has 6 heterocycles. The minimum absolute atomic E-state index is 0.118. The first-order chi connectivity index (χ1) is 33.0. The number of rotatable bonds is 13. The monoisotopic (exact) mass is 897 g/mol. The summed E-state index contributed by atoms with van der Waals surface area (Å²) in [6.45, 7) is 8.20. The number of aromatic amines is 2. The van der Waals surface area contributed by atoms with Crippen LogP contribution in [0.2, 0.25) is 0 Å². The Morgan fingerprint density at radius 2 is 0.970 bits per heavy atom. The largest absolute Gasteiger partial charge is 0.379 e. The van der Waals surface area contributed by atoms with Crippen molar-refractivity contribution in [2.24, 2.45) is 0 Å². The highest BCUT2D eigenvalue weighted by Gasteiger charge is 2.41. The Bertz CT molecular complexity index is 2620. The lowest BCUT2D eigenvalue weighted by atomic mass is 10.0. The van der Waals surface area contributed by atoms with Crippen molar-refractivity contribution >= 4 is 39.6 Å². The fourth-order valence-corrected chi connectivity index (χ4v) is 10.9. The molecule has 0 unspecified atom stereocenters. The molecule has 0 radical (unpaired) electrons. The Balaban J connectivity index is 0.817. The highest BCUT2D eigenvalue weighted by Crippen LogP contribution is 2.38. The van der Waals surface area contributed by atoms with E-state index in [0.29, 0.717) is 52.6 Å². The highest BCUT2D eigenvalue weighted by atomic mass is 16.5. The van der Waals surface area contributed by atoms with E-state index in [1.807, 2.05) is 36.4 Å². The maximum absolute atomic E-state index is 14.6. The second-order valence-corrected chi connectivity index (χ2v) is 18.4. The third-order valence-electron chi connectivity index (χ3n) is 14.2. The van der Waals surface area contributed by atoms with Crippen molar-refractivity contribution in [3.05, 3.63) is 161 Å². The summed E-state index contributed by atoms with van der Waals surface area (Å²) in [5.41, 5.74) is 9.22. The van der Waals surface area contributed by atoms with Crippen LogP contribution in [0.1, 0.15) is 83.8 Å². The van der Waals surface area contributed by atoms with Gasteiger partial charge >= 0.3 is 0 Å². The third kappa shape index (κ3) is 9.08. The number of morpholine rings is 2. The first-order valence-electron chi connectivity index (χ1n) is 24.2. The number of carbonyl (C=O) groups is 2. The molecule has 344 valence electrons. The van der Waals surface area contributed by atoms with Crippen molar-refractivity contribution in [2.45, 2.75) is 62.9 Å². The normalized spacial score (nSPS) is 20.4. The lowest BCUT2D eigenvalue weighted by Gasteiger charge is -2.37. The SMILES string of the molecule is O=C([C@@H](c1ccccc1)N1CCOCC1)N1CCC[C@H]1c1nc2ccc(CN(Cc3ccc4nc([C@@H]5CCCN5C(=O)[C@@H](c5ccccc5)N5CCOCC5)[nH]c4c3)c3ccccc3)cc2[nH]1. The zero-order chi connectivity index (χ0) is 45.1. The molecule has 2 aromatic heterocycles. The van der Waals surface area contributed by atoms with E-state index in [9.17, 15) is 9.59 Å². The quantitative estimate of drug-likeness (QED) is 0.118. The fourth-order valence-electron chi connectivity index (χ4n) is 10.9. The molecule has 0 spiro atoms. The summed E-state index contributed by atoms with van der Waals surface area (Å²) in [4.78, 5) is 57.7. The van der Waals surface area contributed by atoms with E-state index >= 15 is 0 Å². The number of likely N-dealkylation sites (tertiary alicyclic amines) is 2. The van der Waals surface area contributed by atoms with E-state index in [2.05, 4.69) is 125 Å². The number of hydrogen-bond acceptors (Lipinski definition) is 9. The second kappa shape index (κ2) is 19.5. The van der Waals surface area contributed by atoms with Crippen molar-refractivity contribution in [3.63, 3.8) is 0 Å². The van der Waals surface area contributed by atoms with Crippen LogP contribution >= 0.6 is 0 Å². The van der Waals surface area contributed by atoms with Gasteiger partial charge in [0.05, 0.1) is 60.6 Å². The highest BCUT2D eigenvalue weighted by molar-refractivity contribution is 5.85. The summed E-state index contributed by atoms with van der Waals surface area (Å²) in [5.74, 6) is 1.95. The number of benzene rings is 5. The number of hydrogen-bond donors (Lipinski definition) is 2. The van der Waals surface area contributed by atoms with E-state index in [0.717, 1.165) is 114 Å². The maximum Gasteiger partial charge on any atom is 0.245 e. The zero-order valence-electron chi connectivity index (χ0n) is 38.0. The first kappa shape index (κ1) is 43.2. The van der Waals surface area contributed by atoms with Crippen LogP contribution < -0.4 is 4.90 Å². The number of amides is 2. The van der Waals surface area contributed by atoms with Gasteiger partial charge in [0.1, 0.15) is 23.7 Å². The minimum atomic E-state index is -0.353. The number of fused-ring (bicyclic) bond motifs is 2. The van der Waals surface area contributed by atoms with Crippen LogP contribution in [-0.4, -0.2) is 117 Å². The molecule has 4 atom stereocenters. The minimum Gasteiger partial charge on any atom is -0.379 e. The molecule has 4 saturated heterocycles. The molecule has 13 heteroatoms. The van der Waals surface area contributed by atoms with Crippen LogP contribution in [0.25, 0.3) is 22.1 Å². The van der Waals surface area contributed by atoms with E-state index in [-0.39, 0.29) is 36.0 Å². The fraction of sp³-hybridized carbons (Fsp3) is 0.370. The molecule has 0 aliphatic carbocycles. The summed E-state index contributed by atoms with van der Waals surface area (Å²) < 4.78 is 11.3. The van der Waals surface area contributed by atoms with Crippen molar-refractivity contribution < 1.29 is 19.1 Å². The van der Waals surface area contributed by atoms with E-state index in [1.54, 1.807) is 0 Å². The van der Waals surface area contributed by atoms with Gasteiger partial charge in [0.25, 0.3) is 0 Å². The van der Waals surface area contributed by atoms with Crippen LogP contribution in [0.5, 0.6) is 0 Å². The number of anilines is 1. The zero-order valence-corrected chi connectivity index (χ0v) is 38.0. The Labute approximate surface area is 391 Å². The molecular formula is C54H59N9O4. The van der Waals surface area contributed by atoms with Crippen LogP contribution in [0.3, 0.4) is 0 Å². The molecule has 67 heavy (non-hydrogen) atoms. The van der Waals surface area contributed by atoms with Gasteiger partial charge in [0.2, 0.25) is 11.8 Å². The van der Waals surface area contributed by atoms with Gasteiger partial charge in [-0.1, -0.05) is 91.0 Å². The Morgan fingerprint density at radius 1 is 0.552 bits per heavy atom. The lowest BCUT2D eigenvalue weighted by Crippen LogP contribution is -2.47. The molecule has 2 N–H and O–H groups in total. The van der Waals surface area contributed by atoms with Crippen molar-refractivity contribution in [1.29, 1.82) is 0 Å². The van der Waals surface area contributed by atoms with Crippen molar-refractivity contribution in [3.8, 4) is 0 Å². The molecular weight excluding hydrogens is 839 g/mol. The van der Waals surface area contributed by atoms with Crippen molar-refractivity contribution in [1.82, 2.24) is 39.5 Å². The summed E-state index contributed by atoms with van der Waals surface area (Å²) in [6, 6.07) is 43.0. The molecule has 4 aliphatic rings. The predicted octanol–water partition coefficient (Wildman–Crippen LogP) is 8.12. The molecule has 4 aliphatic heterocycles. The number of carbonyl (C=O) groups excluding carboxylic acids is 2. The van der Waals surface area contributed by atoms with E-state index in [4.69, 9.17) is 19.4 Å². The number of nitrogens with one attached hydrogen (secondary N) is 2. The van der Waals surface area contributed by atoms with Crippen molar-refractivity contribution in [2.75, 3.05) is 70.6 Å². The summed E-state index contributed by atoms with van der Waals surface area (Å²) in [6.07, 6.45) is 3.61. The van der Waals surface area contributed by atoms with E-state index in [1.165, 1.54) is 0 Å². The van der Waals surface area contributed by atoms with Gasteiger partial charge in [-0.3, -0.25) is 19.4 Å². The smallest absolute Gasteiger partial charge is 0.245 e. The van der Waals surface area contributed by atoms with Gasteiger partial charge in [0, 0.05) is 58.0 Å². The number of imidazole rings is 2. The molecule has 7 aromatic rings. The average Bonchev–Trinajstić information content (AvgIpc) is 4.22. The first-order valence-corrected chi connectivity index (χ1v) is 24.2. The Hall–Kier alpha value is -6.38. The van der Waals surface area contributed by atoms with Gasteiger partial charge in [-0.25, -0.2) is 9.97 Å². The van der Waals surface area contributed by atoms with E-state index < -0.39 is 0 Å². The average molecular weight is 898 g/mol. The van der Waals surface area contributed by atoms with Crippen LogP contribution in [0.15, 0.2) is 127 Å². The van der Waals surface area contributed by atoms with Gasteiger partial charge in [-0.05, 0) is 84.3 Å².